The zero-order valence-corrected chi connectivity index (χ0v) is 11.4. The SMILES string of the molecule is Cc1ccc(NC(=O)Nc2cn(C)c(OC=O)n2)cc1F. The van der Waals surface area contributed by atoms with Gasteiger partial charge in [-0.1, -0.05) is 6.07 Å². The second kappa shape index (κ2) is 6.04. The molecule has 0 unspecified atom stereocenters. The number of anilines is 2. The first-order valence-corrected chi connectivity index (χ1v) is 5.97. The van der Waals surface area contributed by atoms with Crippen LogP contribution in [0.1, 0.15) is 5.56 Å². The topological polar surface area (TPSA) is 85.3 Å². The van der Waals surface area contributed by atoms with E-state index in [0.717, 1.165) is 0 Å². The summed E-state index contributed by atoms with van der Waals surface area (Å²) in [5.74, 6) is -0.216. The standard InChI is InChI=1S/C13H13FN4O3/c1-8-3-4-9(5-10(8)14)15-12(20)16-11-6-18(2)13(17-11)21-7-19/h3-7H,1-2H3,(H2,15,16,20). The molecule has 2 rings (SSSR count). The van der Waals surface area contributed by atoms with Crippen molar-refractivity contribution in [2.45, 2.75) is 6.92 Å². The van der Waals surface area contributed by atoms with Crippen LogP contribution in [-0.4, -0.2) is 22.1 Å². The third-order valence-corrected chi connectivity index (χ3v) is 2.66. The van der Waals surface area contributed by atoms with E-state index in [9.17, 15) is 14.0 Å². The van der Waals surface area contributed by atoms with Gasteiger partial charge in [0.05, 0.1) is 6.20 Å². The van der Waals surface area contributed by atoms with Gasteiger partial charge in [0.1, 0.15) is 5.82 Å². The Labute approximate surface area is 119 Å². The highest BCUT2D eigenvalue weighted by Gasteiger charge is 2.10. The molecule has 0 saturated carbocycles. The fourth-order valence-electron chi connectivity index (χ4n) is 1.61. The molecule has 1 heterocycles. The normalized spacial score (nSPS) is 10.0. The number of carbonyl (C=O) groups excluding carboxylic acids is 2. The van der Waals surface area contributed by atoms with E-state index in [4.69, 9.17) is 0 Å². The number of nitrogens with zero attached hydrogens (tertiary/aromatic N) is 2. The van der Waals surface area contributed by atoms with Gasteiger partial charge in [-0.05, 0) is 24.6 Å². The predicted octanol–water partition coefficient (Wildman–Crippen LogP) is 2.05. The number of aryl methyl sites for hydroxylation is 2. The van der Waals surface area contributed by atoms with Crippen molar-refractivity contribution in [3.05, 3.63) is 35.8 Å². The molecule has 0 aliphatic heterocycles. The summed E-state index contributed by atoms with van der Waals surface area (Å²) in [7, 11) is 1.60. The number of imidazole rings is 1. The van der Waals surface area contributed by atoms with Gasteiger partial charge in [0.2, 0.25) is 0 Å². The second-order valence-corrected chi connectivity index (χ2v) is 4.28. The summed E-state index contributed by atoms with van der Waals surface area (Å²) >= 11 is 0. The highest BCUT2D eigenvalue weighted by atomic mass is 19.1. The first-order valence-electron chi connectivity index (χ1n) is 5.97. The van der Waals surface area contributed by atoms with Gasteiger partial charge in [0.25, 0.3) is 0 Å². The minimum absolute atomic E-state index is 0.0432. The van der Waals surface area contributed by atoms with Gasteiger partial charge in [0.15, 0.2) is 5.82 Å². The zero-order chi connectivity index (χ0) is 15.4. The molecule has 8 heteroatoms. The van der Waals surface area contributed by atoms with Gasteiger partial charge in [-0.25, -0.2) is 9.18 Å². The first-order chi connectivity index (χ1) is 9.99. The zero-order valence-electron chi connectivity index (χ0n) is 11.4. The Morgan fingerprint density at radius 3 is 2.86 bits per heavy atom. The van der Waals surface area contributed by atoms with Crippen LogP contribution in [0.25, 0.3) is 0 Å². The fraction of sp³-hybridized carbons (Fsp3) is 0.154. The molecule has 0 radical (unpaired) electrons. The molecule has 110 valence electrons. The summed E-state index contributed by atoms with van der Waals surface area (Å²) in [5.41, 5.74) is 0.803. The molecule has 2 aromatic rings. The average Bonchev–Trinajstić information content (AvgIpc) is 2.74. The van der Waals surface area contributed by atoms with Crippen LogP contribution in [0.5, 0.6) is 6.01 Å². The van der Waals surface area contributed by atoms with E-state index in [1.54, 1.807) is 26.1 Å². The lowest BCUT2D eigenvalue weighted by Crippen LogP contribution is -2.19. The highest BCUT2D eigenvalue weighted by molar-refractivity contribution is 5.99. The third-order valence-electron chi connectivity index (χ3n) is 2.66. The van der Waals surface area contributed by atoms with Crippen LogP contribution < -0.4 is 15.4 Å². The Balaban J connectivity index is 2.02. The number of urea groups is 1. The maximum absolute atomic E-state index is 13.4. The maximum Gasteiger partial charge on any atom is 0.324 e. The average molecular weight is 292 g/mol. The van der Waals surface area contributed by atoms with Gasteiger partial charge in [0, 0.05) is 12.7 Å². The lowest BCUT2D eigenvalue weighted by atomic mass is 10.2. The summed E-state index contributed by atoms with van der Waals surface area (Å²) in [4.78, 5) is 25.9. The van der Waals surface area contributed by atoms with E-state index < -0.39 is 11.8 Å². The molecule has 0 aliphatic rings. The first kappa shape index (κ1) is 14.5. The van der Waals surface area contributed by atoms with Crippen molar-refractivity contribution >= 4 is 24.0 Å². The minimum atomic E-state index is -0.589. The number of nitrogens with one attached hydrogen (secondary N) is 2. The van der Waals surface area contributed by atoms with E-state index in [0.29, 0.717) is 11.3 Å². The van der Waals surface area contributed by atoms with Gasteiger partial charge >= 0.3 is 18.5 Å². The molecule has 1 aromatic heterocycles. The van der Waals surface area contributed by atoms with Crippen molar-refractivity contribution in [2.24, 2.45) is 7.05 Å². The van der Waals surface area contributed by atoms with Crippen LogP contribution in [0.3, 0.4) is 0 Å². The number of ether oxygens (including phenoxy) is 1. The van der Waals surface area contributed by atoms with Gasteiger partial charge in [-0.2, -0.15) is 4.98 Å². The van der Waals surface area contributed by atoms with Crippen LogP contribution in [0.2, 0.25) is 0 Å². The van der Waals surface area contributed by atoms with Crippen molar-refractivity contribution in [1.82, 2.24) is 9.55 Å². The lowest BCUT2D eigenvalue weighted by molar-refractivity contribution is -0.121. The monoisotopic (exact) mass is 292 g/mol. The van der Waals surface area contributed by atoms with Crippen molar-refractivity contribution in [3.63, 3.8) is 0 Å². The maximum atomic E-state index is 13.4. The molecule has 0 aliphatic carbocycles. The molecular weight excluding hydrogens is 279 g/mol. The van der Waals surface area contributed by atoms with Crippen molar-refractivity contribution in [3.8, 4) is 6.01 Å². The van der Waals surface area contributed by atoms with E-state index >= 15 is 0 Å². The van der Waals surface area contributed by atoms with Crippen LogP contribution in [0, 0.1) is 12.7 Å². The Bertz CT molecular complexity index is 684. The van der Waals surface area contributed by atoms with Crippen LogP contribution in [0.4, 0.5) is 20.7 Å². The Hall–Kier alpha value is -2.90. The number of benzene rings is 1. The number of hydrogen-bond donors (Lipinski definition) is 2. The van der Waals surface area contributed by atoms with Crippen molar-refractivity contribution in [2.75, 3.05) is 10.6 Å². The molecule has 0 fully saturated rings. The van der Waals surface area contributed by atoms with Crippen molar-refractivity contribution in [1.29, 1.82) is 0 Å². The summed E-state index contributed by atoms with van der Waals surface area (Å²) in [6.07, 6.45) is 1.47. The molecule has 0 atom stereocenters. The molecule has 1 aromatic carbocycles. The molecule has 2 N–H and O–H groups in total. The third kappa shape index (κ3) is 3.56. The summed E-state index contributed by atoms with van der Waals surface area (Å²) < 4.78 is 19.4. The van der Waals surface area contributed by atoms with E-state index in [-0.39, 0.29) is 18.3 Å². The summed E-state index contributed by atoms with van der Waals surface area (Å²) in [5, 5.41) is 4.91. The molecular formula is C13H13FN4O3. The fourth-order valence-corrected chi connectivity index (χ4v) is 1.61. The van der Waals surface area contributed by atoms with E-state index in [2.05, 4.69) is 20.4 Å². The smallest absolute Gasteiger partial charge is 0.324 e. The van der Waals surface area contributed by atoms with Crippen LogP contribution >= 0.6 is 0 Å². The second-order valence-electron chi connectivity index (χ2n) is 4.28. The largest absolute Gasteiger partial charge is 0.394 e. The Morgan fingerprint density at radius 2 is 2.19 bits per heavy atom. The van der Waals surface area contributed by atoms with Crippen molar-refractivity contribution < 1.29 is 18.7 Å². The van der Waals surface area contributed by atoms with E-state index in [1.807, 2.05) is 0 Å². The van der Waals surface area contributed by atoms with Gasteiger partial charge in [-0.15, -0.1) is 0 Å². The lowest BCUT2D eigenvalue weighted by Gasteiger charge is -2.06. The number of amides is 2. The number of hydrogen-bond acceptors (Lipinski definition) is 4. The van der Waals surface area contributed by atoms with Crippen LogP contribution in [-0.2, 0) is 11.8 Å². The number of carbonyl (C=O) groups is 2. The Morgan fingerprint density at radius 1 is 1.43 bits per heavy atom. The highest BCUT2D eigenvalue weighted by Crippen LogP contribution is 2.15. The van der Waals surface area contributed by atoms with Crippen LogP contribution in [0.15, 0.2) is 24.4 Å². The number of rotatable bonds is 4. The molecule has 7 nitrogen and oxygen atoms in total. The minimum Gasteiger partial charge on any atom is -0.394 e. The van der Waals surface area contributed by atoms with Gasteiger partial charge in [-0.3, -0.25) is 10.1 Å². The molecule has 0 bridgehead atoms. The molecule has 0 saturated heterocycles. The Kier molecular flexibility index (Phi) is 4.17. The van der Waals surface area contributed by atoms with Gasteiger partial charge < -0.3 is 14.6 Å². The number of aromatic nitrogens is 2. The number of halogens is 1. The predicted molar refractivity (Wildman–Crippen MR) is 73.7 cm³/mol. The molecule has 2 amide bonds. The quantitative estimate of drug-likeness (QED) is 0.844. The summed E-state index contributed by atoms with van der Waals surface area (Å²) in [6.45, 7) is 1.86. The molecule has 21 heavy (non-hydrogen) atoms. The van der Waals surface area contributed by atoms with E-state index in [1.165, 1.54) is 16.8 Å². The summed E-state index contributed by atoms with van der Waals surface area (Å²) in [6, 6.07) is 3.81. The molecule has 0 spiro atoms.